The largest absolute Gasteiger partial charge is 0.460 e. The SMILES string of the molecule is C=CCOC(=O)[C@H](Cc1ccc(NC(=O)C(=O)OCc2ccccc2)cc1)NC(=O)OC(C)(C)C. The van der Waals surface area contributed by atoms with E-state index in [0.717, 1.165) is 5.56 Å². The van der Waals surface area contributed by atoms with Gasteiger partial charge in [0.2, 0.25) is 0 Å². The molecular weight excluding hydrogens is 452 g/mol. The van der Waals surface area contributed by atoms with E-state index in [1.54, 1.807) is 69.3 Å². The molecule has 2 amide bonds. The van der Waals surface area contributed by atoms with E-state index in [2.05, 4.69) is 17.2 Å². The van der Waals surface area contributed by atoms with Gasteiger partial charge >= 0.3 is 23.9 Å². The number of carbonyl (C=O) groups excluding carboxylic acids is 4. The molecule has 0 aliphatic rings. The van der Waals surface area contributed by atoms with Crippen LogP contribution in [0.25, 0.3) is 0 Å². The molecule has 9 nitrogen and oxygen atoms in total. The van der Waals surface area contributed by atoms with Crippen molar-refractivity contribution in [3.05, 3.63) is 78.4 Å². The average Bonchev–Trinajstić information content (AvgIpc) is 2.81. The number of hydrogen-bond acceptors (Lipinski definition) is 7. The van der Waals surface area contributed by atoms with Crippen LogP contribution in [0.2, 0.25) is 0 Å². The zero-order valence-corrected chi connectivity index (χ0v) is 20.0. The van der Waals surface area contributed by atoms with Gasteiger partial charge in [-0.1, -0.05) is 55.1 Å². The number of nitrogens with one attached hydrogen (secondary N) is 2. The molecule has 0 saturated heterocycles. The maximum Gasteiger partial charge on any atom is 0.408 e. The van der Waals surface area contributed by atoms with Crippen molar-refractivity contribution in [2.24, 2.45) is 0 Å². The Morgan fingerprint density at radius 1 is 0.943 bits per heavy atom. The van der Waals surface area contributed by atoms with Gasteiger partial charge in [-0.15, -0.1) is 0 Å². The maximum absolute atomic E-state index is 12.4. The van der Waals surface area contributed by atoms with Crippen LogP contribution in [0.3, 0.4) is 0 Å². The molecule has 35 heavy (non-hydrogen) atoms. The first-order chi connectivity index (χ1) is 16.6. The van der Waals surface area contributed by atoms with Crippen LogP contribution in [-0.2, 0) is 41.6 Å². The van der Waals surface area contributed by atoms with Gasteiger partial charge in [-0.3, -0.25) is 4.79 Å². The highest BCUT2D eigenvalue weighted by molar-refractivity contribution is 6.37. The lowest BCUT2D eigenvalue weighted by atomic mass is 10.1. The summed E-state index contributed by atoms with van der Waals surface area (Å²) in [6, 6.07) is 14.4. The molecule has 0 spiro atoms. The first kappa shape index (κ1) is 27.1. The highest BCUT2D eigenvalue weighted by atomic mass is 16.6. The lowest BCUT2D eigenvalue weighted by Gasteiger charge is -2.23. The van der Waals surface area contributed by atoms with Crippen LogP contribution in [0.4, 0.5) is 10.5 Å². The van der Waals surface area contributed by atoms with Gasteiger partial charge in [0.25, 0.3) is 0 Å². The van der Waals surface area contributed by atoms with Crippen molar-refractivity contribution in [2.45, 2.75) is 45.4 Å². The number of esters is 2. The van der Waals surface area contributed by atoms with Crippen molar-refractivity contribution in [3.8, 4) is 0 Å². The monoisotopic (exact) mass is 482 g/mol. The predicted molar refractivity (Wildman–Crippen MR) is 129 cm³/mol. The summed E-state index contributed by atoms with van der Waals surface area (Å²) in [4.78, 5) is 48.6. The third kappa shape index (κ3) is 10.1. The summed E-state index contributed by atoms with van der Waals surface area (Å²) in [5.74, 6) is -2.56. The third-order valence-electron chi connectivity index (χ3n) is 4.37. The van der Waals surface area contributed by atoms with Crippen LogP contribution in [0.1, 0.15) is 31.9 Å². The molecule has 1 atom stereocenters. The van der Waals surface area contributed by atoms with E-state index in [0.29, 0.717) is 11.3 Å². The van der Waals surface area contributed by atoms with Gasteiger partial charge in [0, 0.05) is 12.1 Å². The Morgan fingerprint density at radius 3 is 2.20 bits per heavy atom. The quantitative estimate of drug-likeness (QED) is 0.243. The third-order valence-corrected chi connectivity index (χ3v) is 4.37. The van der Waals surface area contributed by atoms with Crippen LogP contribution < -0.4 is 10.6 Å². The highest BCUT2D eigenvalue weighted by Gasteiger charge is 2.26. The van der Waals surface area contributed by atoms with Gasteiger partial charge in [0.05, 0.1) is 0 Å². The van der Waals surface area contributed by atoms with E-state index in [1.165, 1.54) is 6.08 Å². The molecule has 0 fully saturated rings. The first-order valence-electron chi connectivity index (χ1n) is 11.0. The zero-order valence-electron chi connectivity index (χ0n) is 20.0. The molecule has 0 saturated carbocycles. The second kappa shape index (κ2) is 12.9. The predicted octanol–water partition coefficient (Wildman–Crippen LogP) is 3.53. The van der Waals surface area contributed by atoms with Gasteiger partial charge in [-0.05, 0) is 44.0 Å². The molecule has 0 unspecified atom stereocenters. The molecule has 2 aromatic carbocycles. The minimum Gasteiger partial charge on any atom is -0.460 e. The van der Waals surface area contributed by atoms with Crippen LogP contribution in [-0.4, -0.2) is 42.2 Å². The Kier molecular flexibility index (Phi) is 10.0. The summed E-state index contributed by atoms with van der Waals surface area (Å²) in [6.07, 6.45) is 0.781. The Bertz CT molecular complexity index is 1030. The van der Waals surface area contributed by atoms with Crippen molar-refractivity contribution in [1.29, 1.82) is 0 Å². The summed E-state index contributed by atoms with van der Waals surface area (Å²) in [5.41, 5.74) is 1.06. The summed E-state index contributed by atoms with van der Waals surface area (Å²) in [7, 11) is 0. The number of benzene rings is 2. The molecule has 0 bridgehead atoms. The fraction of sp³-hybridized carbons (Fsp3) is 0.308. The van der Waals surface area contributed by atoms with Crippen molar-refractivity contribution in [2.75, 3.05) is 11.9 Å². The van der Waals surface area contributed by atoms with E-state index in [4.69, 9.17) is 14.2 Å². The second-order valence-electron chi connectivity index (χ2n) is 8.53. The van der Waals surface area contributed by atoms with Gasteiger partial charge in [-0.2, -0.15) is 0 Å². The van der Waals surface area contributed by atoms with E-state index >= 15 is 0 Å². The highest BCUT2D eigenvalue weighted by Crippen LogP contribution is 2.13. The molecule has 0 heterocycles. The summed E-state index contributed by atoms with van der Waals surface area (Å²) < 4.78 is 15.3. The normalized spacial score (nSPS) is 11.5. The van der Waals surface area contributed by atoms with E-state index in [1.807, 2.05) is 6.07 Å². The van der Waals surface area contributed by atoms with Crippen LogP contribution >= 0.6 is 0 Å². The molecule has 186 valence electrons. The molecule has 9 heteroatoms. The second-order valence-corrected chi connectivity index (χ2v) is 8.53. The number of ether oxygens (including phenoxy) is 3. The molecule has 0 aliphatic heterocycles. The lowest BCUT2D eigenvalue weighted by Crippen LogP contribution is -2.45. The topological polar surface area (TPSA) is 120 Å². The number of amides is 2. The van der Waals surface area contributed by atoms with E-state index in [9.17, 15) is 19.2 Å². The van der Waals surface area contributed by atoms with Crippen LogP contribution in [0.5, 0.6) is 0 Å². The van der Waals surface area contributed by atoms with Crippen molar-refractivity contribution in [3.63, 3.8) is 0 Å². The van der Waals surface area contributed by atoms with Gasteiger partial charge in [0.15, 0.2) is 0 Å². The fourth-order valence-corrected chi connectivity index (χ4v) is 2.82. The minimum atomic E-state index is -1.01. The molecule has 0 radical (unpaired) electrons. The number of anilines is 1. The van der Waals surface area contributed by atoms with Gasteiger partial charge < -0.3 is 24.8 Å². The van der Waals surface area contributed by atoms with Gasteiger partial charge in [0.1, 0.15) is 24.9 Å². The standard InChI is InChI=1S/C26H30N2O7/c1-5-15-33-23(30)21(28-25(32)35-26(2,3)4)16-18-11-13-20(14-12-18)27-22(29)24(31)34-17-19-9-7-6-8-10-19/h5-14,21H,1,15-17H2,2-4H3,(H,27,29)(H,28,32)/t21-/m0/s1. The summed E-state index contributed by atoms with van der Waals surface area (Å²) in [6.45, 7) is 8.62. The van der Waals surface area contributed by atoms with Crippen LogP contribution in [0, 0.1) is 0 Å². The summed E-state index contributed by atoms with van der Waals surface area (Å²) in [5, 5.41) is 4.98. The molecule has 0 aliphatic carbocycles. The molecule has 0 aromatic heterocycles. The number of rotatable bonds is 9. The van der Waals surface area contributed by atoms with Crippen molar-refractivity contribution < 1.29 is 33.4 Å². The Balaban J connectivity index is 1.96. The van der Waals surface area contributed by atoms with Crippen molar-refractivity contribution in [1.82, 2.24) is 5.32 Å². The van der Waals surface area contributed by atoms with Crippen molar-refractivity contribution >= 4 is 29.6 Å². The Labute approximate surface area is 204 Å². The lowest BCUT2D eigenvalue weighted by molar-refractivity contribution is -0.153. The fourth-order valence-electron chi connectivity index (χ4n) is 2.82. The molecule has 2 N–H and O–H groups in total. The maximum atomic E-state index is 12.4. The molecular formula is C26H30N2O7. The zero-order chi connectivity index (χ0) is 25.8. The van der Waals surface area contributed by atoms with Gasteiger partial charge in [-0.25, -0.2) is 14.4 Å². The first-order valence-corrected chi connectivity index (χ1v) is 11.0. The Morgan fingerprint density at radius 2 is 1.60 bits per heavy atom. The molecule has 2 rings (SSSR count). The average molecular weight is 483 g/mol. The van der Waals surface area contributed by atoms with E-state index in [-0.39, 0.29) is 19.6 Å². The van der Waals surface area contributed by atoms with E-state index < -0.39 is 35.6 Å². The Hall–Kier alpha value is -4.14. The smallest absolute Gasteiger partial charge is 0.408 e. The number of alkyl carbamates (subject to hydrolysis) is 1. The van der Waals surface area contributed by atoms with Crippen LogP contribution in [0.15, 0.2) is 67.3 Å². The number of carbonyl (C=O) groups is 4. The number of hydrogen-bond donors (Lipinski definition) is 2. The molecule has 2 aromatic rings. The minimum absolute atomic E-state index is 0.00330. The summed E-state index contributed by atoms with van der Waals surface area (Å²) >= 11 is 0.